The van der Waals surface area contributed by atoms with Crippen molar-refractivity contribution in [2.75, 3.05) is 0 Å². The molecule has 1 aromatic heterocycles. The molecule has 2 N–H and O–H groups in total. The summed E-state index contributed by atoms with van der Waals surface area (Å²) in [6, 6.07) is 14.4. The van der Waals surface area contributed by atoms with Crippen LogP contribution in [0, 0.1) is 0 Å². The minimum absolute atomic E-state index is 0.0637. The van der Waals surface area contributed by atoms with Crippen molar-refractivity contribution in [3.63, 3.8) is 0 Å². The molecular formula is C14H13NO. The van der Waals surface area contributed by atoms with E-state index in [1.54, 1.807) is 0 Å². The number of fused-ring (bicyclic) bond motifs is 3. The molecule has 0 saturated heterocycles. The lowest BCUT2D eigenvalue weighted by atomic mass is 10.1. The van der Waals surface area contributed by atoms with E-state index in [0.717, 1.165) is 16.7 Å². The van der Waals surface area contributed by atoms with Crippen LogP contribution in [0.15, 0.2) is 46.9 Å². The lowest BCUT2D eigenvalue weighted by molar-refractivity contribution is 0.513. The quantitative estimate of drug-likeness (QED) is 0.667. The van der Waals surface area contributed by atoms with Crippen LogP contribution in [0.25, 0.3) is 21.7 Å². The number of benzene rings is 2. The average Bonchev–Trinajstić information content (AvgIpc) is 2.73. The minimum Gasteiger partial charge on any atom is -0.459 e. The van der Waals surface area contributed by atoms with E-state index < -0.39 is 0 Å². The second kappa shape index (κ2) is 3.35. The Morgan fingerprint density at radius 2 is 1.88 bits per heavy atom. The molecule has 0 aliphatic carbocycles. The molecule has 0 radical (unpaired) electrons. The molecular weight excluding hydrogens is 198 g/mol. The zero-order valence-corrected chi connectivity index (χ0v) is 9.10. The van der Waals surface area contributed by atoms with Gasteiger partial charge in [-0.3, -0.25) is 0 Å². The lowest BCUT2D eigenvalue weighted by Crippen LogP contribution is -2.02. The molecule has 3 aromatic rings. The first kappa shape index (κ1) is 9.43. The Labute approximate surface area is 93.7 Å². The van der Waals surface area contributed by atoms with Crippen LogP contribution < -0.4 is 5.73 Å². The molecule has 2 heteroatoms. The predicted molar refractivity (Wildman–Crippen MR) is 66.3 cm³/mol. The molecule has 80 valence electrons. The van der Waals surface area contributed by atoms with E-state index in [4.69, 9.17) is 10.2 Å². The number of furan rings is 1. The molecule has 0 aliphatic heterocycles. The van der Waals surface area contributed by atoms with Crippen molar-refractivity contribution >= 4 is 21.7 Å². The Bertz CT molecular complexity index is 652. The summed E-state index contributed by atoms with van der Waals surface area (Å²) in [6.45, 7) is 1.93. The normalized spacial score (nSPS) is 13.4. The first-order valence-corrected chi connectivity index (χ1v) is 5.42. The molecule has 1 unspecified atom stereocenters. The van der Waals surface area contributed by atoms with Crippen LogP contribution in [0.3, 0.4) is 0 Å². The van der Waals surface area contributed by atoms with Crippen LogP contribution in [0.4, 0.5) is 0 Å². The Balaban J connectivity index is 2.41. The molecule has 0 aliphatic rings. The summed E-state index contributed by atoms with van der Waals surface area (Å²) in [5.74, 6) is 0.839. The van der Waals surface area contributed by atoms with Crippen molar-refractivity contribution in [3.05, 3.63) is 48.2 Å². The van der Waals surface area contributed by atoms with Crippen LogP contribution >= 0.6 is 0 Å². The number of rotatable bonds is 1. The first-order valence-electron chi connectivity index (χ1n) is 5.42. The summed E-state index contributed by atoms with van der Waals surface area (Å²) >= 11 is 0. The molecule has 0 amide bonds. The predicted octanol–water partition coefficient (Wildman–Crippen LogP) is 3.61. The third-order valence-corrected chi connectivity index (χ3v) is 2.89. The number of hydrogen-bond acceptors (Lipinski definition) is 2. The van der Waals surface area contributed by atoms with E-state index in [0.29, 0.717) is 0 Å². The van der Waals surface area contributed by atoms with Crippen molar-refractivity contribution in [3.8, 4) is 0 Å². The van der Waals surface area contributed by atoms with Crippen LogP contribution in [-0.2, 0) is 0 Å². The maximum absolute atomic E-state index is 5.83. The molecule has 3 rings (SSSR count). The summed E-state index contributed by atoms with van der Waals surface area (Å²) in [5.41, 5.74) is 6.74. The SMILES string of the molecule is CC(N)c1cc2c(ccc3ccccc32)o1. The number of nitrogens with two attached hydrogens (primary N) is 1. The smallest absolute Gasteiger partial charge is 0.135 e. The summed E-state index contributed by atoms with van der Waals surface area (Å²) in [6.07, 6.45) is 0. The van der Waals surface area contributed by atoms with Gasteiger partial charge in [0.15, 0.2) is 0 Å². The van der Waals surface area contributed by atoms with Crippen molar-refractivity contribution in [1.29, 1.82) is 0 Å². The van der Waals surface area contributed by atoms with Gasteiger partial charge in [-0.05, 0) is 29.8 Å². The molecule has 1 heterocycles. The highest BCUT2D eigenvalue weighted by Crippen LogP contribution is 2.29. The van der Waals surface area contributed by atoms with Gasteiger partial charge in [-0.15, -0.1) is 0 Å². The van der Waals surface area contributed by atoms with Gasteiger partial charge in [0.05, 0.1) is 6.04 Å². The van der Waals surface area contributed by atoms with Gasteiger partial charge in [0.25, 0.3) is 0 Å². The van der Waals surface area contributed by atoms with Gasteiger partial charge < -0.3 is 10.2 Å². The van der Waals surface area contributed by atoms with Gasteiger partial charge in [-0.2, -0.15) is 0 Å². The van der Waals surface area contributed by atoms with E-state index in [2.05, 4.69) is 18.2 Å². The van der Waals surface area contributed by atoms with E-state index in [1.165, 1.54) is 10.8 Å². The van der Waals surface area contributed by atoms with Gasteiger partial charge in [0.1, 0.15) is 11.3 Å². The summed E-state index contributed by atoms with van der Waals surface area (Å²) < 4.78 is 5.71. The molecule has 16 heavy (non-hydrogen) atoms. The van der Waals surface area contributed by atoms with Gasteiger partial charge >= 0.3 is 0 Å². The first-order chi connectivity index (χ1) is 7.75. The maximum Gasteiger partial charge on any atom is 0.135 e. The van der Waals surface area contributed by atoms with E-state index in [9.17, 15) is 0 Å². The largest absolute Gasteiger partial charge is 0.459 e. The second-order valence-electron chi connectivity index (χ2n) is 4.14. The van der Waals surface area contributed by atoms with Crippen LogP contribution in [0.2, 0.25) is 0 Å². The topological polar surface area (TPSA) is 39.2 Å². The Hall–Kier alpha value is -1.80. The summed E-state index contributed by atoms with van der Waals surface area (Å²) in [4.78, 5) is 0. The van der Waals surface area contributed by atoms with Crippen LogP contribution in [0.1, 0.15) is 18.7 Å². The second-order valence-corrected chi connectivity index (χ2v) is 4.14. The molecule has 0 saturated carbocycles. The molecule has 1 atom stereocenters. The fourth-order valence-corrected chi connectivity index (χ4v) is 2.04. The van der Waals surface area contributed by atoms with Gasteiger partial charge in [-0.25, -0.2) is 0 Å². The molecule has 2 nitrogen and oxygen atoms in total. The van der Waals surface area contributed by atoms with E-state index >= 15 is 0 Å². The highest BCUT2D eigenvalue weighted by molar-refractivity contribution is 6.05. The molecule has 0 fully saturated rings. The molecule has 2 aromatic carbocycles. The monoisotopic (exact) mass is 211 g/mol. The molecule has 0 bridgehead atoms. The number of hydrogen-bond donors (Lipinski definition) is 1. The minimum atomic E-state index is -0.0637. The van der Waals surface area contributed by atoms with Crippen molar-refractivity contribution < 1.29 is 4.42 Å². The van der Waals surface area contributed by atoms with Crippen molar-refractivity contribution in [2.45, 2.75) is 13.0 Å². The van der Waals surface area contributed by atoms with Gasteiger partial charge in [0, 0.05) is 5.39 Å². The summed E-state index contributed by atoms with van der Waals surface area (Å²) in [7, 11) is 0. The van der Waals surface area contributed by atoms with Gasteiger partial charge in [-0.1, -0.05) is 30.3 Å². The zero-order valence-electron chi connectivity index (χ0n) is 9.10. The van der Waals surface area contributed by atoms with Crippen molar-refractivity contribution in [1.82, 2.24) is 0 Å². The Kier molecular flexibility index (Phi) is 1.98. The Morgan fingerprint density at radius 1 is 1.06 bits per heavy atom. The maximum atomic E-state index is 5.83. The standard InChI is InChI=1S/C14H13NO/c1-9(15)14-8-12-11-5-3-2-4-10(11)6-7-13(12)16-14/h2-9H,15H2,1H3. The summed E-state index contributed by atoms with van der Waals surface area (Å²) in [5, 5.41) is 3.59. The highest BCUT2D eigenvalue weighted by Gasteiger charge is 2.09. The van der Waals surface area contributed by atoms with Crippen LogP contribution in [-0.4, -0.2) is 0 Å². The average molecular weight is 211 g/mol. The third-order valence-electron chi connectivity index (χ3n) is 2.89. The van der Waals surface area contributed by atoms with E-state index in [-0.39, 0.29) is 6.04 Å². The highest BCUT2D eigenvalue weighted by atomic mass is 16.3. The van der Waals surface area contributed by atoms with E-state index in [1.807, 2.05) is 31.2 Å². The van der Waals surface area contributed by atoms with Crippen LogP contribution in [0.5, 0.6) is 0 Å². The fraction of sp³-hybridized carbons (Fsp3) is 0.143. The zero-order chi connectivity index (χ0) is 11.1. The molecule has 0 spiro atoms. The lowest BCUT2D eigenvalue weighted by Gasteiger charge is -1.96. The van der Waals surface area contributed by atoms with Crippen molar-refractivity contribution in [2.24, 2.45) is 5.73 Å². The Morgan fingerprint density at radius 3 is 2.69 bits per heavy atom. The van der Waals surface area contributed by atoms with Gasteiger partial charge in [0.2, 0.25) is 0 Å². The third kappa shape index (κ3) is 1.31. The fourth-order valence-electron chi connectivity index (χ4n) is 2.04.